The summed E-state index contributed by atoms with van der Waals surface area (Å²) in [6.07, 6.45) is 2.76. The van der Waals surface area contributed by atoms with Crippen molar-refractivity contribution in [3.8, 4) is 0 Å². The summed E-state index contributed by atoms with van der Waals surface area (Å²) >= 11 is 0. The summed E-state index contributed by atoms with van der Waals surface area (Å²) in [4.78, 5) is 11.8. The third-order valence-corrected chi connectivity index (χ3v) is 5.49. The SMILES string of the molecule is O=C(CC1CS(=O)(=O)CCN1)NC1(CO)CCC1. The second-order valence-electron chi connectivity index (χ2n) is 5.31. The van der Waals surface area contributed by atoms with Crippen LogP contribution < -0.4 is 10.6 Å². The maximum absolute atomic E-state index is 11.8. The van der Waals surface area contributed by atoms with Crippen LogP contribution in [-0.2, 0) is 14.6 Å². The zero-order valence-electron chi connectivity index (χ0n) is 10.3. The van der Waals surface area contributed by atoms with Gasteiger partial charge in [0.2, 0.25) is 5.91 Å². The van der Waals surface area contributed by atoms with E-state index in [0.29, 0.717) is 6.54 Å². The van der Waals surface area contributed by atoms with Gasteiger partial charge in [0.25, 0.3) is 0 Å². The maximum Gasteiger partial charge on any atom is 0.222 e. The van der Waals surface area contributed by atoms with Crippen LogP contribution in [-0.4, -0.2) is 55.7 Å². The van der Waals surface area contributed by atoms with Crippen LogP contribution >= 0.6 is 0 Å². The smallest absolute Gasteiger partial charge is 0.222 e. The molecule has 0 aromatic rings. The summed E-state index contributed by atoms with van der Waals surface area (Å²) < 4.78 is 22.9. The van der Waals surface area contributed by atoms with E-state index in [1.54, 1.807) is 0 Å². The minimum absolute atomic E-state index is 0.0204. The first kappa shape index (κ1) is 13.8. The molecule has 1 saturated heterocycles. The number of aliphatic hydroxyl groups is 1. The highest BCUT2D eigenvalue weighted by atomic mass is 32.2. The van der Waals surface area contributed by atoms with Gasteiger partial charge in [0.15, 0.2) is 9.84 Å². The Hall–Kier alpha value is -0.660. The van der Waals surface area contributed by atoms with E-state index in [9.17, 15) is 18.3 Å². The molecule has 1 aliphatic carbocycles. The zero-order chi connectivity index (χ0) is 13.2. The molecule has 1 amide bonds. The van der Waals surface area contributed by atoms with Crippen molar-refractivity contribution in [1.29, 1.82) is 0 Å². The summed E-state index contributed by atoms with van der Waals surface area (Å²) in [7, 11) is -3.01. The molecule has 1 heterocycles. The quantitative estimate of drug-likeness (QED) is 0.599. The number of hydrogen-bond acceptors (Lipinski definition) is 5. The zero-order valence-corrected chi connectivity index (χ0v) is 11.1. The fraction of sp³-hybridized carbons (Fsp3) is 0.909. The molecule has 1 atom stereocenters. The highest BCUT2D eigenvalue weighted by Gasteiger charge is 2.38. The second-order valence-corrected chi connectivity index (χ2v) is 7.54. The number of carbonyl (C=O) groups is 1. The maximum atomic E-state index is 11.8. The summed E-state index contributed by atoms with van der Waals surface area (Å²) in [6, 6.07) is -0.306. The summed E-state index contributed by atoms with van der Waals surface area (Å²) in [5.74, 6) is -0.0172. The van der Waals surface area contributed by atoms with Crippen LogP contribution in [0, 0.1) is 0 Å². The van der Waals surface area contributed by atoms with Gasteiger partial charge < -0.3 is 15.7 Å². The molecule has 0 spiro atoms. The predicted molar refractivity (Wildman–Crippen MR) is 66.9 cm³/mol. The van der Waals surface area contributed by atoms with Crippen molar-refractivity contribution in [3.05, 3.63) is 0 Å². The highest BCUT2D eigenvalue weighted by Crippen LogP contribution is 2.31. The molecule has 18 heavy (non-hydrogen) atoms. The van der Waals surface area contributed by atoms with Crippen molar-refractivity contribution >= 4 is 15.7 Å². The van der Waals surface area contributed by atoms with Gasteiger partial charge >= 0.3 is 0 Å². The van der Waals surface area contributed by atoms with Gasteiger partial charge in [0.1, 0.15) is 0 Å². The first-order chi connectivity index (χ1) is 8.45. The van der Waals surface area contributed by atoms with Gasteiger partial charge in [0, 0.05) is 19.0 Å². The van der Waals surface area contributed by atoms with Crippen LogP contribution in [0.4, 0.5) is 0 Å². The first-order valence-electron chi connectivity index (χ1n) is 6.30. The van der Waals surface area contributed by atoms with Crippen LogP contribution in [0.1, 0.15) is 25.7 Å². The normalized spacial score (nSPS) is 29.3. The molecule has 0 radical (unpaired) electrons. The molecule has 2 fully saturated rings. The predicted octanol–water partition coefficient (Wildman–Crippen LogP) is -1.21. The Labute approximate surface area is 107 Å². The Morgan fingerprint density at radius 3 is 2.67 bits per heavy atom. The number of rotatable bonds is 4. The molecule has 6 nitrogen and oxygen atoms in total. The molecule has 1 saturated carbocycles. The lowest BCUT2D eigenvalue weighted by Gasteiger charge is -2.41. The van der Waals surface area contributed by atoms with Gasteiger partial charge in [-0.2, -0.15) is 0 Å². The Morgan fingerprint density at radius 2 is 2.17 bits per heavy atom. The van der Waals surface area contributed by atoms with Gasteiger partial charge in [-0.15, -0.1) is 0 Å². The molecule has 7 heteroatoms. The van der Waals surface area contributed by atoms with E-state index in [2.05, 4.69) is 10.6 Å². The Morgan fingerprint density at radius 1 is 1.44 bits per heavy atom. The Bertz CT molecular complexity index is 411. The molecular formula is C11H20N2O4S. The van der Waals surface area contributed by atoms with Crippen molar-refractivity contribution in [3.63, 3.8) is 0 Å². The van der Waals surface area contributed by atoms with Gasteiger partial charge in [-0.25, -0.2) is 8.42 Å². The molecule has 0 bridgehead atoms. The van der Waals surface area contributed by atoms with Gasteiger partial charge in [-0.3, -0.25) is 4.79 Å². The molecule has 2 aliphatic rings. The van der Waals surface area contributed by atoms with E-state index < -0.39 is 15.4 Å². The number of nitrogens with one attached hydrogen (secondary N) is 2. The van der Waals surface area contributed by atoms with Crippen molar-refractivity contribution < 1.29 is 18.3 Å². The molecule has 2 rings (SSSR count). The Kier molecular flexibility index (Phi) is 3.93. The van der Waals surface area contributed by atoms with E-state index in [1.165, 1.54) is 0 Å². The van der Waals surface area contributed by atoms with E-state index in [4.69, 9.17) is 0 Å². The highest BCUT2D eigenvalue weighted by molar-refractivity contribution is 7.91. The van der Waals surface area contributed by atoms with E-state index in [1.807, 2.05) is 0 Å². The van der Waals surface area contributed by atoms with Crippen molar-refractivity contribution in [2.45, 2.75) is 37.3 Å². The van der Waals surface area contributed by atoms with Crippen LogP contribution in [0.15, 0.2) is 0 Å². The lowest BCUT2D eigenvalue weighted by atomic mass is 9.77. The fourth-order valence-electron chi connectivity index (χ4n) is 2.50. The average Bonchev–Trinajstić information content (AvgIpc) is 2.22. The number of hydrogen-bond donors (Lipinski definition) is 3. The van der Waals surface area contributed by atoms with Gasteiger partial charge in [0.05, 0.1) is 23.7 Å². The lowest BCUT2D eigenvalue weighted by molar-refractivity contribution is -0.125. The van der Waals surface area contributed by atoms with Crippen molar-refractivity contribution in [2.24, 2.45) is 0 Å². The van der Waals surface area contributed by atoms with Gasteiger partial charge in [-0.05, 0) is 19.3 Å². The molecule has 0 aromatic carbocycles. The minimum atomic E-state index is -3.01. The summed E-state index contributed by atoms with van der Waals surface area (Å²) in [6.45, 7) is 0.362. The van der Waals surface area contributed by atoms with E-state index in [0.717, 1.165) is 19.3 Å². The number of carbonyl (C=O) groups excluding carboxylic acids is 1. The Balaban J connectivity index is 1.84. The van der Waals surface area contributed by atoms with Gasteiger partial charge in [-0.1, -0.05) is 0 Å². The topological polar surface area (TPSA) is 95.5 Å². The molecule has 1 unspecified atom stereocenters. The molecular weight excluding hydrogens is 256 g/mol. The van der Waals surface area contributed by atoms with Crippen molar-refractivity contribution in [1.82, 2.24) is 10.6 Å². The monoisotopic (exact) mass is 276 g/mol. The lowest BCUT2D eigenvalue weighted by Crippen LogP contribution is -2.57. The molecule has 1 aliphatic heterocycles. The second kappa shape index (κ2) is 5.14. The number of sulfone groups is 1. The minimum Gasteiger partial charge on any atom is -0.394 e. The largest absolute Gasteiger partial charge is 0.394 e. The van der Waals surface area contributed by atoms with Crippen LogP contribution in [0.5, 0.6) is 0 Å². The number of aliphatic hydroxyl groups excluding tert-OH is 1. The van der Waals surface area contributed by atoms with Crippen LogP contribution in [0.2, 0.25) is 0 Å². The molecule has 0 aromatic heterocycles. The van der Waals surface area contributed by atoms with Crippen LogP contribution in [0.25, 0.3) is 0 Å². The molecule has 104 valence electrons. The molecule has 3 N–H and O–H groups in total. The van der Waals surface area contributed by atoms with Crippen LogP contribution in [0.3, 0.4) is 0 Å². The third-order valence-electron chi connectivity index (χ3n) is 3.75. The fourth-order valence-corrected chi connectivity index (χ4v) is 3.94. The third kappa shape index (κ3) is 3.21. The average molecular weight is 276 g/mol. The summed E-state index contributed by atoms with van der Waals surface area (Å²) in [5.41, 5.74) is -0.454. The first-order valence-corrected chi connectivity index (χ1v) is 8.13. The van der Waals surface area contributed by atoms with Crippen molar-refractivity contribution in [2.75, 3.05) is 24.7 Å². The van der Waals surface area contributed by atoms with E-state index in [-0.39, 0.29) is 36.5 Å². The van der Waals surface area contributed by atoms with E-state index >= 15 is 0 Å². The standard InChI is InChI=1S/C11H20N2O4S/c14-8-11(2-1-3-11)13-10(15)6-9-7-18(16,17)5-4-12-9/h9,12,14H,1-8H2,(H,13,15). The summed E-state index contributed by atoms with van der Waals surface area (Å²) in [5, 5.41) is 15.1. The number of amides is 1.